The fraction of sp³-hybridized carbons (Fsp3) is 0.0930. The molecule has 0 N–H and O–H groups in total. The quantitative estimate of drug-likeness (QED) is 0.0862. The molecule has 0 amide bonds. The number of aromatic nitrogens is 1. The molecule has 6 nitrogen and oxygen atoms in total. The van der Waals surface area contributed by atoms with Crippen LogP contribution in [0, 0.1) is 0 Å². The number of benzene rings is 13. The van der Waals surface area contributed by atoms with Crippen molar-refractivity contribution in [3.05, 3.63) is 298 Å². The van der Waals surface area contributed by atoms with Crippen LogP contribution in [0.25, 0.3) is 115 Å². The van der Waals surface area contributed by atoms with Crippen molar-refractivity contribution >= 4 is 128 Å². The molecule has 16 aromatic rings. The molecule has 0 fully saturated rings. The topological polar surface area (TPSA) is 58.2 Å². The van der Waals surface area contributed by atoms with E-state index in [0.29, 0.717) is 27.1 Å². The van der Waals surface area contributed by atoms with Gasteiger partial charge in [0, 0.05) is 66.5 Å². The van der Waals surface area contributed by atoms with E-state index >= 15 is 9.59 Å². The lowest BCUT2D eigenvalue weighted by Crippen LogP contribution is -2.60. The van der Waals surface area contributed by atoms with Gasteiger partial charge >= 0.3 is 0 Å². The fourth-order valence-electron chi connectivity index (χ4n) is 15.7. The minimum atomic E-state index is -0.418. The van der Waals surface area contributed by atoms with Gasteiger partial charge in [-0.05, 0) is 149 Å². The number of furan rings is 1. The highest BCUT2D eigenvalue weighted by Gasteiger charge is 2.44. The van der Waals surface area contributed by atoms with Gasteiger partial charge in [0.25, 0.3) is 6.71 Å². The monoisotopic (exact) mass is 1200 g/mol. The largest absolute Gasteiger partial charge is 0.455 e. The first-order valence-corrected chi connectivity index (χ1v) is 32.3. The Kier molecular flexibility index (Phi) is 11.8. The molecular formula is C86H62BN3O3. The number of hydrogen-bond donors (Lipinski definition) is 0. The second-order valence-corrected chi connectivity index (χ2v) is 27.4. The molecule has 7 heteroatoms. The van der Waals surface area contributed by atoms with Gasteiger partial charge in [-0.3, -0.25) is 9.59 Å². The van der Waals surface area contributed by atoms with E-state index in [-0.39, 0.29) is 16.3 Å². The number of fused-ring (bicyclic) bond motifs is 7. The van der Waals surface area contributed by atoms with Crippen molar-refractivity contribution in [2.45, 2.75) is 52.4 Å². The van der Waals surface area contributed by atoms with Crippen LogP contribution in [-0.2, 0) is 10.8 Å². The summed E-state index contributed by atoms with van der Waals surface area (Å²) in [7, 11) is 0. The smallest absolute Gasteiger partial charge is 0.252 e. The van der Waals surface area contributed by atoms with Gasteiger partial charge < -0.3 is 18.6 Å². The van der Waals surface area contributed by atoms with E-state index in [1.54, 1.807) is 0 Å². The predicted molar refractivity (Wildman–Crippen MR) is 392 cm³/mol. The molecule has 442 valence electrons. The first-order chi connectivity index (χ1) is 45.3. The highest BCUT2D eigenvalue weighted by molar-refractivity contribution is 7.01. The lowest BCUT2D eigenvalue weighted by atomic mass is 9.33. The predicted octanol–water partition coefficient (Wildman–Crippen LogP) is 20.0. The summed E-state index contributed by atoms with van der Waals surface area (Å²) in [6, 6.07) is 95.4. The van der Waals surface area contributed by atoms with Crippen LogP contribution in [0.4, 0.5) is 34.1 Å². The Balaban J connectivity index is 0.999. The summed E-state index contributed by atoms with van der Waals surface area (Å²) in [6.45, 7) is 12.7. The van der Waals surface area contributed by atoms with Crippen LogP contribution in [0.2, 0.25) is 0 Å². The Labute approximate surface area is 538 Å². The SMILES string of the molecule is CC(C)(C)c1cc2c(=O)c3c(C(C)(C)C)ccc4c3n3c5c6c(cc(-c7ccccc7-c7ccccc7)c5c(=O)c(c1)c23)N(c1ccc(-c2cccc3c2oc2ccccc23)cc1)c1cc(N(c2ccccc2)c2ccc3ccccc3c2-c2ccccc2)ccc1B46. The molecule has 2 aliphatic heterocycles. The maximum Gasteiger partial charge on any atom is 0.252 e. The van der Waals surface area contributed by atoms with E-state index in [4.69, 9.17) is 4.42 Å². The zero-order valence-electron chi connectivity index (χ0n) is 52.5. The van der Waals surface area contributed by atoms with E-state index < -0.39 is 12.1 Å². The molecule has 2 aliphatic rings. The van der Waals surface area contributed by atoms with Gasteiger partial charge in [0.15, 0.2) is 10.9 Å². The number of pyridine rings is 2. The van der Waals surface area contributed by atoms with Crippen molar-refractivity contribution < 1.29 is 4.42 Å². The van der Waals surface area contributed by atoms with Crippen molar-refractivity contribution in [1.82, 2.24) is 4.40 Å². The number of hydrogen-bond acceptors (Lipinski definition) is 5. The summed E-state index contributed by atoms with van der Waals surface area (Å²) in [5, 5.41) is 6.90. The zero-order chi connectivity index (χ0) is 62.8. The van der Waals surface area contributed by atoms with Crippen LogP contribution >= 0.6 is 0 Å². The Bertz CT molecular complexity index is 5940. The third-order valence-corrected chi connectivity index (χ3v) is 20.0. The molecule has 13 aromatic carbocycles. The normalized spacial score (nSPS) is 12.9. The molecule has 0 spiro atoms. The molecule has 0 radical (unpaired) electrons. The van der Waals surface area contributed by atoms with Crippen molar-refractivity contribution in [2.24, 2.45) is 0 Å². The molecule has 3 aromatic heterocycles. The molecule has 0 aliphatic carbocycles. The molecule has 0 saturated heterocycles. The van der Waals surface area contributed by atoms with Gasteiger partial charge in [0.2, 0.25) is 0 Å². The maximum atomic E-state index is 16.8. The molecule has 0 saturated carbocycles. The number of para-hydroxylation sites is 3. The lowest BCUT2D eigenvalue weighted by molar-refractivity contribution is 0.591. The van der Waals surface area contributed by atoms with E-state index in [9.17, 15) is 0 Å². The molecule has 18 rings (SSSR count). The van der Waals surface area contributed by atoms with Gasteiger partial charge in [0.05, 0.1) is 27.6 Å². The highest BCUT2D eigenvalue weighted by atomic mass is 16.3. The van der Waals surface area contributed by atoms with Crippen LogP contribution < -0.4 is 37.0 Å². The van der Waals surface area contributed by atoms with Gasteiger partial charge in [-0.25, -0.2) is 0 Å². The van der Waals surface area contributed by atoms with E-state index in [1.165, 1.54) is 0 Å². The van der Waals surface area contributed by atoms with Crippen LogP contribution in [0.15, 0.2) is 281 Å². The molecule has 0 atom stereocenters. The maximum absolute atomic E-state index is 16.8. The Hall–Kier alpha value is -11.3. The minimum absolute atomic E-state index is 0.0459. The lowest BCUT2D eigenvalue weighted by Gasteiger charge is -2.41. The summed E-state index contributed by atoms with van der Waals surface area (Å²) in [5.41, 5.74) is 22.1. The molecule has 93 heavy (non-hydrogen) atoms. The fourth-order valence-corrected chi connectivity index (χ4v) is 15.7. The van der Waals surface area contributed by atoms with E-state index in [2.05, 4.69) is 311 Å². The second-order valence-electron chi connectivity index (χ2n) is 27.4. The summed E-state index contributed by atoms with van der Waals surface area (Å²) >= 11 is 0. The summed E-state index contributed by atoms with van der Waals surface area (Å²) < 4.78 is 9.06. The number of rotatable bonds is 8. The van der Waals surface area contributed by atoms with Crippen LogP contribution in [0.1, 0.15) is 52.7 Å². The summed E-state index contributed by atoms with van der Waals surface area (Å²) in [5.74, 6) is 0. The summed E-state index contributed by atoms with van der Waals surface area (Å²) in [6.07, 6.45) is 0. The van der Waals surface area contributed by atoms with Gasteiger partial charge in [0.1, 0.15) is 11.2 Å². The van der Waals surface area contributed by atoms with E-state index in [0.717, 1.165) is 150 Å². The zero-order valence-corrected chi connectivity index (χ0v) is 52.5. The van der Waals surface area contributed by atoms with Crippen LogP contribution in [0.5, 0.6) is 0 Å². The number of anilines is 6. The molecular weight excluding hydrogens is 1130 g/mol. The van der Waals surface area contributed by atoms with Gasteiger partial charge in [-0.15, -0.1) is 0 Å². The molecule has 0 unspecified atom stereocenters. The number of nitrogens with zero attached hydrogens (tertiary/aromatic N) is 3. The van der Waals surface area contributed by atoms with Crippen LogP contribution in [0.3, 0.4) is 0 Å². The van der Waals surface area contributed by atoms with Crippen molar-refractivity contribution in [2.75, 3.05) is 9.80 Å². The van der Waals surface area contributed by atoms with Crippen molar-refractivity contribution in [3.63, 3.8) is 0 Å². The van der Waals surface area contributed by atoms with Gasteiger partial charge in [-0.2, -0.15) is 0 Å². The minimum Gasteiger partial charge on any atom is -0.455 e. The average molecular weight is 1200 g/mol. The van der Waals surface area contributed by atoms with Gasteiger partial charge in [-0.1, -0.05) is 242 Å². The third kappa shape index (κ3) is 8.09. The molecule has 0 bridgehead atoms. The standard InChI is InChI=1S/C86H62BN3O3/c1-85(2,3)55-47-66-79-67(48-55)83(92)77-68(86(4,5)6)43-45-70-80(77)90(79)81-76(82(66)91)65(62-32-19-18-30-59(62)51-23-10-7-11-24-51)50-73-78(81)87(70)69-44-42-58(88(56-28-14-9-15-29-56)71-46-39-52-25-16-17-31-60(52)75(71)54-26-12-8-13-27-54)49-72(69)89(73)57-40-37-53(38-41-57)61-34-22-35-64-63-33-20-21-36-74(63)93-84(61)64/h7-50H,1-6H3. The van der Waals surface area contributed by atoms with Crippen molar-refractivity contribution in [1.29, 1.82) is 0 Å². The average Bonchev–Trinajstić information content (AvgIpc) is 1.03. The van der Waals surface area contributed by atoms with Crippen LogP contribution in [-0.4, -0.2) is 11.1 Å². The van der Waals surface area contributed by atoms with Crippen molar-refractivity contribution in [3.8, 4) is 44.5 Å². The molecule has 5 heterocycles. The highest BCUT2D eigenvalue weighted by Crippen LogP contribution is 2.50. The third-order valence-electron chi connectivity index (χ3n) is 20.0. The first-order valence-electron chi connectivity index (χ1n) is 32.3. The summed E-state index contributed by atoms with van der Waals surface area (Å²) in [4.78, 5) is 37.9. The first kappa shape index (κ1) is 54.6. The second kappa shape index (κ2) is 20.1. The Morgan fingerprint density at radius 1 is 0.409 bits per heavy atom. The Morgan fingerprint density at radius 2 is 1.02 bits per heavy atom. The van der Waals surface area contributed by atoms with E-state index in [1.807, 2.05) is 12.1 Å². The Morgan fingerprint density at radius 3 is 1.75 bits per heavy atom.